The van der Waals surface area contributed by atoms with Crippen molar-refractivity contribution in [1.82, 2.24) is 14.5 Å². The summed E-state index contributed by atoms with van der Waals surface area (Å²) in [5.74, 6) is -0.325. The van der Waals surface area contributed by atoms with E-state index in [4.69, 9.17) is 0 Å². The molecule has 0 bridgehead atoms. The number of unbranched alkanes of at least 4 members (excludes halogenated alkanes) is 1. The summed E-state index contributed by atoms with van der Waals surface area (Å²) in [5.41, 5.74) is 1.45. The van der Waals surface area contributed by atoms with Gasteiger partial charge in [-0.05, 0) is 56.9 Å². The highest BCUT2D eigenvalue weighted by Gasteiger charge is 2.19. The fourth-order valence-electron chi connectivity index (χ4n) is 4.80. The van der Waals surface area contributed by atoms with Crippen molar-refractivity contribution in [2.24, 2.45) is 0 Å². The van der Waals surface area contributed by atoms with E-state index in [1.54, 1.807) is 24.3 Å². The number of benzene rings is 2. The van der Waals surface area contributed by atoms with Gasteiger partial charge in [-0.3, -0.25) is 23.5 Å². The topological polar surface area (TPSA) is 102 Å². The van der Waals surface area contributed by atoms with Gasteiger partial charge in [0.25, 0.3) is 5.56 Å². The molecule has 0 saturated heterocycles. The van der Waals surface area contributed by atoms with E-state index in [1.807, 2.05) is 31.2 Å². The molecular formula is C28H34N4O4. The third-order valence-electron chi connectivity index (χ3n) is 6.78. The van der Waals surface area contributed by atoms with Crippen LogP contribution in [0.15, 0.2) is 58.1 Å². The van der Waals surface area contributed by atoms with Gasteiger partial charge < -0.3 is 10.6 Å². The zero-order valence-corrected chi connectivity index (χ0v) is 20.8. The van der Waals surface area contributed by atoms with Crippen LogP contribution in [0.5, 0.6) is 0 Å². The minimum Gasteiger partial charge on any atom is -0.352 e. The number of carbonyl (C=O) groups excluding carboxylic acids is 2. The monoisotopic (exact) mass is 490 g/mol. The number of para-hydroxylation sites is 1. The zero-order valence-electron chi connectivity index (χ0n) is 20.8. The second kappa shape index (κ2) is 11.8. The number of carbonyl (C=O) groups is 2. The molecule has 0 radical (unpaired) electrons. The number of hydrogen-bond acceptors (Lipinski definition) is 4. The third kappa shape index (κ3) is 6.30. The van der Waals surface area contributed by atoms with E-state index in [-0.39, 0.29) is 42.9 Å². The molecule has 2 amide bonds. The summed E-state index contributed by atoms with van der Waals surface area (Å²) in [4.78, 5) is 51.4. The molecule has 8 heteroatoms. The number of amides is 2. The number of nitrogens with zero attached hydrogens (tertiary/aromatic N) is 2. The van der Waals surface area contributed by atoms with Crippen LogP contribution in [0, 0.1) is 6.92 Å². The van der Waals surface area contributed by atoms with Crippen molar-refractivity contribution in [2.75, 3.05) is 5.32 Å². The van der Waals surface area contributed by atoms with Crippen LogP contribution in [0.4, 0.5) is 5.69 Å². The van der Waals surface area contributed by atoms with Crippen LogP contribution in [0.3, 0.4) is 0 Å². The maximum absolute atomic E-state index is 13.3. The Labute approximate surface area is 210 Å². The van der Waals surface area contributed by atoms with Crippen molar-refractivity contribution < 1.29 is 9.59 Å². The Morgan fingerprint density at radius 3 is 2.36 bits per heavy atom. The van der Waals surface area contributed by atoms with Gasteiger partial charge in [0, 0.05) is 24.7 Å². The van der Waals surface area contributed by atoms with E-state index in [0.717, 1.165) is 36.9 Å². The van der Waals surface area contributed by atoms with E-state index in [9.17, 15) is 19.2 Å². The van der Waals surface area contributed by atoms with Gasteiger partial charge in [0.1, 0.15) is 6.54 Å². The van der Waals surface area contributed by atoms with E-state index in [1.165, 1.54) is 15.6 Å². The SMILES string of the molecule is Cc1ccc(NC(=O)CCCCn2c(=O)c3ccccc3n(CC(=O)NC3CCCCC3)c2=O)cc1. The maximum Gasteiger partial charge on any atom is 0.331 e. The van der Waals surface area contributed by atoms with Gasteiger partial charge in [-0.15, -0.1) is 0 Å². The first-order valence-electron chi connectivity index (χ1n) is 12.8. The molecular weight excluding hydrogens is 456 g/mol. The first-order chi connectivity index (χ1) is 17.4. The van der Waals surface area contributed by atoms with Crippen LogP contribution in [0.1, 0.15) is 56.9 Å². The van der Waals surface area contributed by atoms with Crippen molar-refractivity contribution in [3.05, 3.63) is 74.9 Å². The van der Waals surface area contributed by atoms with Crippen LogP contribution >= 0.6 is 0 Å². The van der Waals surface area contributed by atoms with Crippen LogP contribution < -0.4 is 21.9 Å². The minimum atomic E-state index is -0.499. The summed E-state index contributed by atoms with van der Waals surface area (Å²) < 4.78 is 2.58. The molecule has 36 heavy (non-hydrogen) atoms. The van der Waals surface area contributed by atoms with Crippen molar-refractivity contribution in [1.29, 1.82) is 0 Å². The normalized spacial score (nSPS) is 14.0. The number of aryl methyl sites for hydroxylation is 1. The van der Waals surface area contributed by atoms with E-state index < -0.39 is 5.69 Å². The molecule has 2 aromatic carbocycles. The number of nitrogens with one attached hydrogen (secondary N) is 2. The molecule has 0 unspecified atom stereocenters. The van der Waals surface area contributed by atoms with Gasteiger partial charge in [-0.25, -0.2) is 4.79 Å². The number of anilines is 1. The number of aromatic nitrogens is 2. The molecule has 3 aromatic rings. The van der Waals surface area contributed by atoms with Gasteiger partial charge in [0.05, 0.1) is 10.9 Å². The molecule has 0 spiro atoms. The van der Waals surface area contributed by atoms with Crippen LogP contribution in [-0.4, -0.2) is 27.0 Å². The molecule has 1 aliphatic carbocycles. The lowest BCUT2D eigenvalue weighted by Gasteiger charge is -2.23. The summed E-state index contributed by atoms with van der Waals surface area (Å²) >= 11 is 0. The minimum absolute atomic E-state index is 0.110. The standard InChI is InChI=1S/C28H34N4O4/c1-20-14-16-22(17-15-20)29-25(33)13-7-8-18-31-27(35)23-11-5-6-12-24(23)32(28(31)36)19-26(34)30-21-9-3-2-4-10-21/h5-6,11-12,14-17,21H,2-4,7-10,13,18-19H2,1H3,(H,29,33)(H,30,34). The van der Waals surface area contributed by atoms with Gasteiger partial charge in [-0.2, -0.15) is 0 Å². The molecule has 190 valence electrons. The Balaban J connectivity index is 1.43. The van der Waals surface area contributed by atoms with Crippen LogP contribution in [0.2, 0.25) is 0 Å². The van der Waals surface area contributed by atoms with E-state index >= 15 is 0 Å². The molecule has 0 atom stereocenters. The number of fused-ring (bicyclic) bond motifs is 1. The fourth-order valence-corrected chi connectivity index (χ4v) is 4.80. The highest BCUT2D eigenvalue weighted by atomic mass is 16.2. The van der Waals surface area contributed by atoms with E-state index in [0.29, 0.717) is 23.7 Å². The molecule has 2 N–H and O–H groups in total. The third-order valence-corrected chi connectivity index (χ3v) is 6.78. The second-order valence-electron chi connectivity index (χ2n) is 9.62. The molecule has 1 aromatic heterocycles. The Bertz CT molecular complexity index is 1330. The summed E-state index contributed by atoms with van der Waals surface area (Å²) in [6.45, 7) is 2.04. The van der Waals surface area contributed by atoms with Gasteiger partial charge >= 0.3 is 5.69 Å². The van der Waals surface area contributed by atoms with Gasteiger partial charge in [0.2, 0.25) is 11.8 Å². The number of rotatable bonds is 9. The van der Waals surface area contributed by atoms with Gasteiger partial charge in [-0.1, -0.05) is 49.1 Å². The van der Waals surface area contributed by atoms with Crippen LogP contribution in [-0.2, 0) is 22.7 Å². The predicted octanol–water partition coefficient (Wildman–Crippen LogP) is 3.73. The highest BCUT2D eigenvalue weighted by Crippen LogP contribution is 2.17. The largest absolute Gasteiger partial charge is 0.352 e. The van der Waals surface area contributed by atoms with Crippen molar-refractivity contribution >= 4 is 28.4 Å². The summed E-state index contributed by atoms with van der Waals surface area (Å²) in [6.07, 6.45) is 6.60. The van der Waals surface area contributed by atoms with Crippen molar-refractivity contribution in [3.8, 4) is 0 Å². The fraction of sp³-hybridized carbons (Fsp3) is 0.429. The van der Waals surface area contributed by atoms with Crippen molar-refractivity contribution in [3.63, 3.8) is 0 Å². The smallest absolute Gasteiger partial charge is 0.331 e. The Morgan fingerprint density at radius 1 is 0.889 bits per heavy atom. The lowest BCUT2D eigenvalue weighted by atomic mass is 9.95. The predicted molar refractivity (Wildman–Crippen MR) is 141 cm³/mol. The highest BCUT2D eigenvalue weighted by molar-refractivity contribution is 5.90. The molecule has 1 saturated carbocycles. The molecule has 1 aliphatic rings. The average Bonchev–Trinajstić information content (AvgIpc) is 2.88. The maximum atomic E-state index is 13.3. The summed E-state index contributed by atoms with van der Waals surface area (Å²) in [5, 5.41) is 6.31. The lowest BCUT2D eigenvalue weighted by molar-refractivity contribution is -0.122. The molecule has 1 heterocycles. The van der Waals surface area contributed by atoms with E-state index in [2.05, 4.69) is 10.6 Å². The summed E-state index contributed by atoms with van der Waals surface area (Å²) in [6, 6.07) is 14.6. The molecule has 1 fully saturated rings. The molecule has 0 aliphatic heterocycles. The lowest BCUT2D eigenvalue weighted by Crippen LogP contribution is -2.44. The first-order valence-corrected chi connectivity index (χ1v) is 12.8. The zero-order chi connectivity index (χ0) is 25.5. The Hall–Kier alpha value is -3.68. The number of hydrogen-bond donors (Lipinski definition) is 2. The quantitative estimate of drug-likeness (QED) is 0.446. The van der Waals surface area contributed by atoms with Crippen LogP contribution in [0.25, 0.3) is 10.9 Å². The van der Waals surface area contributed by atoms with Gasteiger partial charge in [0.15, 0.2) is 0 Å². The second-order valence-corrected chi connectivity index (χ2v) is 9.62. The Kier molecular flexibility index (Phi) is 8.36. The molecule has 4 rings (SSSR count). The molecule has 8 nitrogen and oxygen atoms in total. The van der Waals surface area contributed by atoms with Crippen molar-refractivity contribution in [2.45, 2.75) is 77.4 Å². The first kappa shape index (κ1) is 25.4. The average molecular weight is 491 g/mol. The summed E-state index contributed by atoms with van der Waals surface area (Å²) in [7, 11) is 0. The Morgan fingerprint density at radius 2 is 1.61 bits per heavy atom.